The topological polar surface area (TPSA) is 59.8 Å². The van der Waals surface area contributed by atoms with E-state index in [9.17, 15) is 18.0 Å². The lowest BCUT2D eigenvalue weighted by atomic mass is 10.1. The Balaban J connectivity index is 1.76. The third-order valence-electron chi connectivity index (χ3n) is 3.86. The minimum Gasteiger partial charge on any atom is -0.305 e. The van der Waals surface area contributed by atoms with Gasteiger partial charge in [0.25, 0.3) is 5.91 Å². The van der Waals surface area contributed by atoms with Gasteiger partial charge in [-0.1, -0.05) is 25.5 Å². The number of aryl methyl sites for hydroxylation is 1. The number of alkyl halides is 3. The van der Waals surface area contributed by atoms with Crippen molar-refractivity contribution in [2.24, 2.45) is 0 Å². The summed E-state index contributed by atoms with van der Waals surface area (Å²) in [7, 11) is 0. The van der Waals surface area contributed by atoms with Gasteiger partial charge < -0.3 is 5.32 Å². The summed E-state index contributed by atoms with van der Waals surface area (Å²) in [5.74, 6) is 0.129. The van der Waals surface area contributed by atoms with Crippen molar-refractivity contribution in [1.29, 1.82) is 0 Å². The summed E-state index contributed by atoms with van der Waals surface area (Å²) in [6.45, 7) is 2.75. The third kappa shape index (κ3) is 4.54. The van der Waals surface area contributed by atoms with E-state index in [1.165, 1.54) is 17.5 Å². The van der Waals surface area contributed by atoms with Crippen molar-refractivity contribution in [2.75, 3.05) is 5.32 Å². The average Bonchev–Trinajstić information content (AvgIpc) is 3.29. The van der Waals surface area contributed by atoms with Crippen LogP contribution in [0.2, 0.25) is 0 Å². The molecule has 1 N–H and O–H groups in total. The maximum Gasteiger partial charge on any atom is 0.416 e. The summed E-state index contributed by atoms with van der Waals surface area (Å²) < 4.78 is 40.3. The molecule has 2 heterocycles. The number of benzene rings is 1. The van der Waals surface area contributed by atoms with Crippen molar-refractivity contribution in [2.45, 2.75) is 32.5 Å². The molecule has 0 unspecified atom stereocenters. The highest BCUT2D eigenvalue weighted by atomic mass is 32.1. The molecular formula is C18H17F3N4OS. The second-order valence-corrected chi connectivity index (χ2v) is 6.72. The van der Waals surface area contributed by atoms with E-state index in [-0.39, 0.29) is 5.69 Å². The number of rotatable bonds is 6. The number of carbonyl (C=O) groups excluding carboxylic acids is 1. The predicted molar refractivity (Wildman–Crippen MR) is 97.6 cm³/mol. The van der Waals surface area contributed by atoms with Crippen molar-refractivity contribution in [3.63, 3.8) is 0 Å². The Morgan fingerprint density at radius 2 is 2.11 bits per heavy atom. The first-order valence-electron chi connectivity index (χ1n) is 8.35. The van der Waals surface area contributed by atoms with E-state index < -0.39 is 17.6 Å². The largest absolute Gasteiger partial charge is 0.416 e. The molecule has 3 rings (SSSR count). The number of aromatic nitrogens is 3. The highest BCUT2D eigenvalue weighted by molar-refractivity contribution is 7.13. The lowest BCUT2D eigenvalue weighted by Crippen LogP contribution is -2.16. The maximum atomic E-state index is 12.9. The molecule has 2 aromatic heterocycles. The monoisotopic (exact) mass is 394 g/mol. The standard InChI is InChI=1S/C18H17F3N4OS/c1-2-3-9-25-15(7-8-22-25)24-16(26)14-11-27-17(23-14)12-5-4-6-13(10-12)18(19,20)21/h4-8,10-11H,2-3,9H2,1H3,(H,24,26). The Morgan fingerprint density at radius 3 is 2.85 bits per heavy atom. The first kappa shape index (κ1) is 19.1. The van der Waals surface area contributed by atoms with Gasteiger partial charge in [-0.05, 0) is 18.6 Å². The minimum absolute atomic E-state index is 0.149. The molecule has 9 heteroatoms. The lowest BCUT2D eigenvalue weighted by molar-refractivity contribution is -0.137. The van der Waals surface area contributed by atoms with E-state index in [1.807, 2.05) is 0 Å². The molecule has 0 aliphatic rings. The first-order valence-corrected chi connectivity index (χ1v) is 9.22. The van der Waals surface area contributed by atoms with Crippen molar-refractivity contribution in [3.05, 3.63) is 53.2 Å². The van der Waals surface area contributed by atoms with Crippen LogP contribution in [0.3, 0.4) is 0 Å². The summed E-state index contributed by atoms with van der Waals surface area (Å²) in [5, 5.41) is 8.78. The number of halogens is 3. The molecule has 1 amide bonds. The van der Waals surface area contributed by atoms with Crippen LogP contribution in [0.5, 0.6) is 0 Å². The second kappa shape index (κ2) is 7.91. The number of amides is 1. The van der Waals surface area contributed by atoms with E-state index in [4.69, 9.17) is 0 Å². The normalized spacial score (nSPS) is 11.6. The first-order chi connectivity index (χ1) is 12.9. The fourth-order valence-corrected chi connectivity index (χ4v) is 3.24. The summed E-state index contributed by atoms with van der Waals surface area (Å²) >= 11 is 1.12. The number of carbonyl (C=O) groups is 1. The van der Waals surface area contributed by atoms with Gasteiger partial charge in [0, 0.05) is 23.6 Å². The number of anilines is 1. The summed E-state index contributed by atoms with van der Waals surface area (Å²) in [6.07, 6.45) is -0.897. The number of unbranched alkanes of at least 4 members (excludes halogenated alkanes) is 1. The van der Waals surface area contributed by atoms with Crippen molar-refractivity contribution in [1.82, 2.24) is 14.8 Å². The number of hydrogen-bond donors (Lipinski definition) is 1. The number of nitrogens with one attached hydrogen (secondary N) is 1. The highest BCUT2D eigenvalue weighted by Gasteiger charge is 2.30. The van der Waals surface area contributed by atoms with Gasteiger partial charge in [-0.2, -0.15) is 18.3 Å². The molecule has 1 aromatic carbocycles. The molecule has 0 spiro atoms. The zero-order valence-electron chi connectivity index (χ0n) is 14.5. The quantitative estimate of drug-likeness (QED) is 0.634. The van der Waals surface area contributed by atoms with Crippen LogP contribution in [0.4, 0.5) is 19.0 Å². The number of thiazole rings is 1. The predicted octanol–water partition coefficient (Wildman–Crippen LogP) is 5.08. The molecule has 0 saturated heterocycles. The molecule has 0 saturated carbocycles. The zero-order chi connectivity index (χ0) is 19.4. The third-order valence-corrected chi connectivity index (χ3v) is 4.75. The molecule has 27 heavy (non-hydrogen) atoms. The Kier molecular flexibility index (Phi) is 5.59. The van der Waals surface area contributed by atoms with Gasteiger partial charge in [0.05, 0.1) is 11.8 Å². The fraction of sp³-hybridized carbons (Fsp3) is 0.278. The molecule has 0 bridgehead atoms. The molecule has 3 aromatic rings. The molecule has 0 fully saturated rings. The van der Waals surface area contributed by atoms with E-state index in [0.29, 0.717) is 22.9 Å². The zero-order valence-corrected chi connectivity index (χ0v) is 15.3. The van der Waals surface area contributed by atoms with E-state index >= 15 is 0 Å². The van der Waals surface area contributed by atoms with Crippen LogP contribution >= 0.6 is 11.3 Å². The maximum absolute atomic E-state index is 12.9. The molecule has 0 aliphatic heterocycles. The van der Waals surface area contributed by atoms with Crippen LogP contribution < -0.4 is 5.32 Å². The van der Waals surface area contributed by atoms with Crippen molar-refractivity contribution < 1.29 is 18.0 Å². The molecular weight excluding hydrogens is 377 g/mol. The van der Waals surface area contributed by atoms with E-state index in [1.54, 1.807) is 16.9 Å². The molecule has 5 nitrogen and oxygen atoms in total. The Labute approximate surface area is 157 Å². The van der Waals surface area contributed by atoms with Gasteiger partial charge >= 0.3 is 6.18 Å². The van der Waals surface area contributed by atoms with Crippen LogP contribution in [0.15, 0.2) is 41.9 Å². The van der Waals surface area contributed by atoms with Crippen LogP contribution in [0.25, 0.3) is 10.6 Å². The van der Waals surface area contributed by atoms with E-state index in [0.717, 1.165) is 36.3 Å². The van der Waals surface area contributed by atoms with Crippen LogP contribution in [-0.4, -0.2) is 20.7 Å². The molecule has 0 atom stereocenters. The number of nitrogens with zero attached hydrogens (tertiary/aromatic N) is 3. The van der Waals surface area contributed by atoms with Gasteiger partial charge in [-0.3, -0.25) is 4.79 Å². The number of hydrogen-bond acceptors (Lipinski definition) is 4. The lowest BCUT2D eigenvalue weighted by Gasteiger charge is -2.07. The minimum atomic E-state index is -4.43. The van der Waals surface area contributed by atoms with Gasteiger partial charge in [-0.15, -0.1) is 11.3 Å². The summed E-state index contributed by atoms with van der Waals surface area (Å²) in [6, 6.07) is 6.58. The SMILES string of the molecule is CCCCn1nccc1NC(=O)c1csc(-c2cccc(C(F)(F)F)c2)n1. The van der Waals surface area contributed by atoms with Crippen LogP contribution in [-0.2, 0) is 12.7 Å². The van der Waals surface area contributed by atoms with E-state index in [2.05, 4.69) is 22.3 Å². The van der Waals surface area contributed by atoms with Gasteiger partial charge in [0.1, 0.15) is 16.5 Å². The van der Waals surface area contributed by atoms with Crippen molar-refractivity contribution in [3.8, 4) is 10.6 Å². The van der Waals surface area contributed by atoms with Gasteiger partial charge in [0.2, 0.25) is 0 Å². The Bertz CT molecular complexity index is 933. The second-order valence-electron chi connectivity index (χ2n) is 5.86. The van der Waals surface area contributed by atoms with Crippen molar-refractivity contribution >= 4 is 23.1 Å². The Morgan fingerprint density at radius 1 is 1.30 bits per heavy atom. The van der Waals surface area contributed by atoms with Gasteiger partial charge in [-0.25, -0.2) is 9.67 Å². The van der Waals surface area contributed by atoms with Crippen LogP contribution in [0, 0.1) is 0 Å². The van der Waals surface area contributed by atoms with Crippen LogP contribution in [0.1, 0.15) is 35.8 Å². The van der Waals surface area contributed by atoms with Gasteiger partial charge in [0.15, 0.2) is 0 Å². The molecule has 0 radical (unpaired) electrons. The summed E-state index contributed by atoms with van der Waals surface area (Å²) in [4.78, 5) is 16.6. The fourth-order valence-electron chi connectivity index (χ4n) is 2.44. The Hall–Kier alpha value is -2.68. The smallest absolute Gasteiger partial charge is 0.305 e. The highest BCUT2D eigenvalue weighted by Crippen LogP contribution is 2.33. The molecule has 142 valence electrons. The summed E-state index contributed by atoms with van der Waals surface area (Å²) in [5.41, 5.74) is -0.279. The molecule has 0 aliphatic carbocycles. The average molecular weight is 394 g/mol.